The number of amides is 1. The molecule has 1 aromatic carbocycles. The van der Waals surface area contributed by atoms with Gasteiger partial charge in [-0.15, -0.1) is 0 Å². The molecule has 2 aromatic heterocycles. The van der Waals surface area contributed by atoms with Crippen LogP contribution in [-0.4, -0.2) is 22.2 Å². The number of furan rings is 1. The maximum atomic E-state index is 12.2. The summed E-state index contributed by atoms with van der Waals surface area (Å²) in [6, 6.07) is 14.2. The number of hydrogen-bond donors (Lipinski definition) is 1. The summed E-state index contributed by atoms with van der Waals surface area (Å²) in [7, 11) is 0. The van der Waals surface area contributed by atoms with Gasteiger partial charge in [0.15, 0.2) is 0 Å². The number of carbonyl (C=O) groups excluding carboxylic acids is 1. The number of rotatable bonds is 6. The summed E-state index contributed by atoms with van der Waals surface area (Å²) in [5.41, 5.74) is 4.40. The van der Waals surface area contributed by atoms with E-state index in [0.717, 1.165) is 35.7 Å². The highest BCUT2D eigenvalue weighted by Gasteiger charge is 2.45. The molecular formula is C21H23N3O2. The van der Waals surface area contributed by atoms with E-state index in [-0.39, 0.29) is 17.7 Å². The van der Waals surface area contributed by atoms with Crippen molar-refractivity contribution in [2.75, 3.05) is 6.54 Å². The molecule has 134 valence electrons. The van der Waals surface area contributed by atoms with E-state index in [0.29, 0.717) is 6.54 Å². The van der Waals surface area contributed by atoms with Gasteiger partial charge in [0.25, 0.3) is 0 Å². The third kappa shape index (κ3) is 3.43. The van der Waals surface area contributed by atoms with Crippen LogP contribution in [0.15, 0.2) is 53.1 Å². The average Bonchev–Trinajstić information content (AvgIpc) is 3.09. The van der Waals surface area contributed by atoms with Gasteiger partial charge in [0, 0.05) is 24.1 Å². The molecule has 2 unspecified atom stereocenters. The molecule has 1 amide bonds. The standard InChI is InChI=1S/C21H23N3O2/c1-14-12-15(2)24(23-14)17-7-5-16(6-8-17)9-10-22-21(25)19-13-18(19)20-4-3-11-26-20/h3-8,11-12,18-19H,9-10,13H2,1-2H3,(H,22,25). The molecule has 0 aliphatic heterocycles. The van der Waals surface area contributed by atoms with Crippen LogP contribution in [0.5, 0.6) is 0 Å². The lowest BCUT2D eigenvalue weighted by molar-refractivity contribution is -0.122. The normalized spacial score (nSPS) is 18.7. The minimum Gasteiger partial charge on any atom is -0.469 e. The molecule has 1 fully saturated rings. The lowest BCUT2D eigenvalue weighted by atomic mass is 10.1. The summed E-state index contributed by atoms with van der Waals surface area (Å²) in [5, 5.41) is 7.55. The van der Waals surface area contributed by atoms with E-state index < -0.39 is 0 Å². The van der Waals surface area contributed by atoms with Crippen LogP contribution in [0.4, 0.5) is 0 Å². The zero-order valence-electron chi connectivity index (χ0n) is 15.1. The predicted molar refractivity (Wildman–Crippen MR) is 99.3 cm³/mol. The molecule has 5 nitrogen and oxygen atoms in total. The molecule has 1 aliphatic carbocycles. The van der Waals surface area contributed by atoms with Gasteiger partial charge in [-0.3, -0.25) is 4.79 Å². The van der Waals surface area contributed by atoms with E-state index in [2.05, 4.69) is 47.7 Å². The van der Waals surface area contributed by atoms with E-state index in [1.165, 1.54) is 5.56 Å². The zero-order valence-corrected chi connectivity index (χ0v) is 15.1. The summed E-state index contributed by atoms with van der Waals surface area (Å²) in [5.74, 6) is 1.37. The number of aryl methyl sites for hydroxylation is 2. The minimum absolute atomic E-state index is 0.0644. The first-order valence-corrected chi connectivity index (χ1v) is 9.05. The van der Waals surface area contributed by atoms with E-state index >= 15 is 0 Å². The van der Waals surface area contributed by atoms with Gasteiger partial charge in [-0.05, 0) is 62.6 Å². The Morgan fingerprint density at radius 3 is 2.73 bits per heavy atom. The molecule has 0 saturated heterocycles. The quantitative estimate of drug-likeness (QED) is 0.740. The van der Waals surface area contributed by atoms with Gasteiger partial charge < -0.3 is 9.73 Å². The Morgan fingerprint density at radius 2 is 2.08 bits per heavy atom. The molecule has 1 aliphatic rings. The monoisotopic (exact) mass is 349 g/mol. The Labute approximate surface area is 153 Å². The maximum Gasteiger partial charge on any atom is 0.223 e. The number of nitrogens with zero attached hydrogens (tertiary/aromatic N) is 2. The minimum atomic E-state index is 0.0644. The van der Waals surface area contributed by atoms with Crippen LogP contribution in [0.25, 0.3) is 5.69 Å². The van der Waals surface area contributed by atoms with E-state index in [1.807, 2.05) is 23.7 Å². The molecule has 3 aromatic rings. The van der Waals surface area contributed by atoms with Crippen LogP contribution in [-0.2, 0) is 11.2 Å². The average molecular weight is 349 g/mol. The fourth-order valence-electron chi connectivity index (χ4n) is 3.46. The molecule has 1 N–H and O–H groups in total. The number of aromatic nitrogens is 2. The summed E-state index contributed by atoms with van der Waals surface area (Å²) in [6.07, 6.45) is 3.37. The van der Waals surface area contributed by atoms with Gasteiger partial charge in [0.05, 0.1) is 17.6 Å². The molecule has 0 spiro atoms. The van der Waals surface area contributed by atoms with Crippen molar-refractivity contribution in [3.8, 4) is 5.69 Å². The first kappa shape index (κ1) is 16.6. The second-order valence-corrected chi connectivity index (χ2v) is 7.01. The van der Waals surface area contributed by atoms with Gasteiger partial charge in [-0.1, -0.05) is 12.1 Å². The number of benzene rings is 1. The number of hydrogen-bond acceptors (Lipinski definition) is 3. The van der Waals surface area contributed by atoms with Crippen LogP contribution in [0, 0.1) is 19.8 Å². The van der Waals surface area contributed by atoms with Crippen molar-refractivity contribution in [3.05, 3.63) is 71.4 Å². The van der Waals surface area contributed by atoms with Crippen molar-refractivity contribution in [1.82, 2.24) is 15.1 Å². The topological polar surface area (TPSA) is 60.1 Å². The van der Waals surface area contributed by atoms with Crippen LogP contribution in [0.3, 0.4) is 0 Å². The van der Waals surface area contributed by atoms with Gasteiger partial charge in [0.2, 0.25) is 5.91 Å². The predicted octanol–water partition coefficient (Wildman–Crippen LogP) is 3.54. The van der Waals surface area contributed by atoms with E-state index in [1.54, 1.807) is 6.26 Å². The lowest BCUT2D eigenvalue weighted by Gasteiger charge is -2.07. The second kappa shape index (κ2) is 6.83. The summed E-state index contributed by atoms with van der Waals surface area (Å²) in [6.45, 7) is 4.70. The molecule has 4 rings (SSSR count). The molecule has 5 heteroatoms. The summed E-state index contributed by atoms with van der Waals surface area (Å²) in [4.78, 5) is 12.2. The summed E-state index contributed by atoms with van der Waals surface area (Å²) >= 11 is 0. The Kier molecular flexibility index (Phi) is 4.37. The van der Waals surface area contributed by atoms with Gasteiger partial charge >= 0.3 is 0 Å². The SMILES string of the molecule is Cc1cc(C)n(-c2ccc(CCNC(=O)C3CC3c3ccco3)cc2)n1. The van der Waals surface area contributed by atoms with Crippen molar-refractivity contribution < 1.29 is 9.21 Å². The largest absolute Gasteiger partial charge is 0.469 e. The first-order valence-electron chi connectivity index (χ1n) is 9.05. The highest BCUT2D eigenvalue weighted by atomic mass is 16.3. The Balaban J connectivity index is 1.27. The van der Waals surface area contributed by atoms with E-state index in [4.69, 9.17) is 4.42 Å². The summed E-state index contributed by atoms with van der Waals surface area (Å²) < 4.78 is 7.33. The maximum absolute atomic E-state index is 12.2. The zero-order chi connectivity index (χ0) is 18.1. The van der Waals surface area contributed by atoms with Gasteiger partial charge in [-0.25, -0.2) is 4.68 Å². The third-order valence-corrected chi connectivity index (χ3v) is 4.94. The fourth-order valence-corrected chi connectivity index (χ4v) is 3.46. The Morgan fingerprint density at radius 1 is 1.27 bits per heavy atom. The lowest BCUT2D eigenvalue weighted by Crippen LogP contribution is -2.27. The van der Waals surface area contributed by atoms with Gasteiger partial charge in [0.1, 0.15) is 5.76 Å². The van der Waals surface area contributed by atoms with Crippen molar-refractivity contribution >= 4 is 5.91 Å². The molecular weight excluding hydrogens is 326 g/mol. The Bertz CT molecular complexity index is 894. The molecule has 2 heterocycles. The highest BCUT2D eigenvalue weighted by Crippen LogP contribution is 2.47. The fraction of sp³-hybridized carbons (Fsp3) is 0.333. The number of nitrogens with one attached hydrogen (secondary N) is 1. The van der Waals surface area contributed by atoms with E-state index in [9.17, 15) is 4.79 Å². The van der Waals surface area contributed by atoms with Crippen LogP contribution >= 0.6 is 0 Å². The van der Waals surface area contributed by atoms with Crippen molar-refractivity contribution in [1.29, 1.82) is 0 Å². The van der Waals surface area contributed by atoms with Crippen molar-refractivity contribution in [3.63, 3.8) is 0 Å². The highest BCUT2D eigenvalue weighted by molar-refractivity contribution is 5.82. The van der Waals surface area contributed by atoms with Crippen molar-refractivity contribution in [2.24, 2.45) is 5.92 Å². The van der Waals surface area contributed by atoms with Crippen molar-refractivity contribution in [2.45, 2.75) is 32.6 Å². The second-order valence-electron chi connectivity index (χ2n) is 7.01. The van der Waals surface area contributed by atoms with Crippen LogP contribution in [0.1, 0.15) is 35.1 Å². The molecule has 1 saturated carbocycles. The molecule has 0 radical (unpaired) electrons. The molecule has 2 atom stereocenters. The van der Waals surface area contributed by atoms with Gasteiger partial charge in [-0.2, -0.15) is 5.10 Å². The Hall–Kier alpha value is -2.82. The van der Waals surface area contributed by atoms with Crippen LogP contribution in [0.2, 0.25) is 0 Å². The number of carbonyl (C=O) groups is 1. The van der Waals surface area contributed by atoms with Crippen LogP contribution < -0.4 is 5.32 Å². The molecule has 26 heavy (non-hydrogen) atoms. The molecule has 0 bridgehead atoms. The smallest absolute Gasteiger partial charge is 0.223 e. The first-order chi connectivity index (χ1) is 12.6. The third-order valence-electron chi connectivity index (χ3n) is 4.94.